The lowest BCUT2D eigenvalue weighted by Gasteiger charge is -2.26. The Morgan fingerprint density at radius 3 is 2.71 bits per heavy atom. The average molecular weight is 405 g/mol. The summed E-state index contributed by atoms with van der Waals surface area (Å²) in [5, 5.41) is 4.83. The second-order valence-electron chi connectivity index (χ2n) is 6.89. The van der Waals surface area contributed by atoms with E-state index in [1.54, 1.807) is 16.6 Å². The predicted molar refractivity (Wildman–Crippen MR) is 105 cm³/mol. The molecule has 2 aromatic heterocycles. The quantitative estimate of drug-likeness (QED) is 0.653. The molecule has 0 unspecified atom stereocenters. The van der Waals surface area contributed by atoms with E-state index in [0.717, 1.165) is 55.4 Å². The SMILES string of the molecule is COc1ccc(Cc2c(C)nc3c(CN4CCOCC4)cc(Cl)nn23)c(F)c1. The summed E-state index contributed by atoms with van der Waals surface area (Å²) in [5.74, 6) is 0.175. The van der Waals surface area contributed by atoms with Crippen LogP contribution in [0.4, 0.5) is 4.39 Å². The number of ether oxygens (including phenoxy) is 2. The Kier molecular flexibility index (Phi) is 5.48. The first-order valence-electron chi connectivity index (χ1n) is 9.21. The van der Waals surface area contributed by atoms with Crippen LogP contribution in [0.15, 0.2) is 24.3 Å². The van der Waals surface area contributed by atoms with E-state index < -0.39 is 0 Å². The van der Waals surface area contributed by atoms with Crippen LogP contribution in [0.5, 0.6) is 5.75 Å². The van der Waals surface area contributed by atoms with Crippen molar-refractivity contribution >= 4 is 17.2 Å². The van der Waals surface area contributed by atoms with Crippen LogP contribution in [0.25, 0.3) is 5.65 Å². The van der Waals surface area contributed by atoms with E-state index in [1.807, 2.05) is 13.0 Å². The lowest BCUT2D eigenvalue weighted by molar-refractivity contribution is 0.0343. The maximum absolute atomic E-state index is 14.5. The smallest absolute Gasteiger partial charge is 0.158 e. The van der Waals surface area contributed by atoms with E-state index in [4.69, 9.17) is 26.1 Å². The van der Waals surface area contributed by atoms with Crippen LogP contribution >= 0.6 is 11.6 Å². The van der Waals surface area contributed by atoms with Gasteiger partial charge in [0, 0.05) is 37.7 Å². The second-order valence-corrected chi connectivity index (χ2v) is 7.28. The molecule has 3 heterocycles. The lowest BCUT2D eigenvalue weighted by atomic mass is 10.1. The van der Waals surface area contributed by atoms with E-state index in [1.165, 1.54) is 13.2 Å². The van der Waals surface area contributed by atoms with Crippen molar-refractivity contribution < 1.29 is 13.9 Å². The Bertz CT molecular complexity index is 1000. The third kappa shape index (κ3) is 3.83. The first kappa shape index (κ1) is 19.1. The van der Waals surface area contributed by atoms with Crippen molar-refractivity contribution in [1.29, 1.82) is 0 Å². The van der Waals surface area contributed by atoms with Gasteiger partial charge in [-0.3, -0.25) is 4.90 Å². The van der Waals surface area contributed by atoms with Gasteiger partial charge in [-0.25, -0.2) is 13.9 Å². The molecule has 0 atom stereocenters. The van der Waals surface area contributed by atoms with Gasteiger partial charge in [0.1, 0.15) is 11.6 Å². The number of aryl methyl sites for hydroxylation is 1. The van der Waals surface area contributed by atoms with Gasteiger partial charge < -0.3 is 9.47 Å². The topological polar surface area (TPSA) is 51.9 Å². The number of rotatable bonds is 5. The van der Waals surface area contributed by atoms with Crippen LogP contribution in [0, 0.1) is 12.7 Å². The number of methoxy groups -OCH3 is 1. The van der Waals surface area contributed by atoms with Crippen molar-refractivity contribution in [2.24, 2.45) is 0 Å². The summed E-state index contributed by atoms with van der Waals surface area (Å²) in [5.41, 5.74) is 3.96. The molecule has 1 saturated heterocycles. The zero-order valence-corrected chi connectivity index (χ0v) is 16.7. The van der Waals surface area contributed by atoms with Crippen LogP contribution in [-0.4, -0.2) is 52.9 Å². The molecule has 28 heavy (non-hydrogen) atoms. The highest BCUT2D eigenvalue weighted by molar-refractivity contribution is 6.29. The fourth-order valence-electron chi connectivity index (χ4n) is 3.50. The summed E-state index contributed by atoms with van der Waals surface area (Å²) in [6.45, 7) is 5.83. The summed E-state index contributed by atoms with van der Waals surface area (Å²) in [6, 6.07) is 6.72. The Balaban J connectivity index is 1.70. The molecule has 8 heteroatoms. The van der Waals surface area contributed by atoms with Crippen molar-refractivity contribution in [3.05, 3.63) is 57.8 Å². The van der Waals surface area contributed by atoms with Gasteiger partial charge in [0.25, 0.3) is 0 Å². The number of hydrogen-bond donors (Lipinski definition) is 0. The average Bonchev–Trinajstić information content (AvgIpc) is 3.00. The summed E-state index contributed by atoms with van der Waals surface area (Å²) in [7, 11) is 1.52. The molecule has 0 radical (unpaired) electrons. The first-order valence-corrected chi connectivity index (χ1v) is 9.59. The van der Waals surface area contributed by atoms with Crippen LogP contribution in [-0.2, 0) is 17.7 Å². The normalized spacial score (nSPS) is 15.3. The van der Waals surface area contributed by atoms with Crippen molar-refractivity contribution in [2.45, 2.75) is 19.9 Å². The molecule has 6 nitrogen and oxygen atoms in total. The summed E-state index contributed by atoms with van der Waals surface area (Å²) in [6.07, 6.45) is 0.368. The first-order chi connectivity index (χ1) is 13.5. The number of nitrogens with zero attached hydrogens (tertiary/aromatic N) is 4. The van der Waals surface area contributed by atoms with Crippen molar-refractivity contribution in [3.63, 3.8) is 0 Å². The molecule has 0 N–H and O–H groups in total. The van der Waals surface area contributed by atoms with Gasteiger partial charge in [-0.05, 0) is 24.6 Å². The summed E-state index contributed by atoms with van der Waals surface area (Å²) in [4.78, 5) is 7.02. The van der Waals surface area contributed by atoms with Crippen LogP contribution in [0.2, 0.25) is 5.15 Å². The van der Waals surface area contributed by atoms with Crippen LogP contribution in [0.1, 0.15) is 22.5 Å². The van der Waals surface area contributed by atoms with Crippen molar-refractivity contribution in [3.8, 4) is 5.75 Å². The molecule has 0 bridgehead atoms. The minimum Gasteiger partial charge on any atom is -0.497 e. The lowest BCUT2D eigenvalue weighted by Crippen LogP contribution is -2.35. The molecule has 3 aromatic rings. The molecule has 0 amide bonds. The Morgan fingerprint density at radius 2 is 2.00 bits per heavy atom. The molecule has 0 aliphatic carbocycles. The number of imidazole rings is 1. The second kappa shape index (κ2) is 8.03. The molecule has 0 spiro atoms. The molecule has 148 valence electrons. The molecule has 4 rings (SSSR count). The fraction of sp³-hybridized carbons (Fsp3) is 0.400. The zero-order chi connectivity index (χ0) is 19.7. The highest BCUT2D eigenvalue weighted by Crippen LogP contribution is 2.24. The zero-order valence-electron chi connectivity index (χ0n) is 15.9. The largest absolute Gasteiger partial charge is 0.497 e. The van der Waals surface area contributed by atoms with Gasteiger partial charge in [0.15, 0.2) is 10.8 Å². The molecule has 0 saturated carbocycles. The standard InChI is InChI=1S/C20H22ClFN4O2/c1-13-18(9-14-3-4-16(27-2)11-17(14)22)26-20(23-13)15(10-19(21)24-26)12-25-5-7-28-8-6-25/h3-4,10-11H,5-9,12H2,1-2H3. The van der Waals surface area contributed by atoms with Gasteiger partial charge in [0.2, 0.25) is 0 Å². The number of hydrogen-bond acceptors (Lipinski definition) is 5. The van der Waals surface area contributed by atoms with Crippen LogP contribution in [0.3, 0.4) is 0 Å². The fourth-order valence-corrected chi connectivity index (χ4v) is 3.71. The third-order valence-corrected chi connectivity index (χ3v) is 5.22. The predicted octanol–water partition coefficient (Wildman–Crippen LogP) is 3.26. The molecular weight excluding hydrogens is 383 g/mol. The molecular formula is C20H22ClFN4O2. The van der Waals surface area contributed by atoms with E-state index in [-0.39, 0.29) is 5.82 Å². The van der Waals surface area contributed by atoms with E-state index in [9.17, 15) is 4.39 Å². The number of benzene rings is 1. The van der Waals surface area contributed by atoms with Gasteiger partial charge in [0.05, 0.1) is 31.7 Å². The van der Waals surface area contributed by atoms with Crippen LogP contribution < -0.4 is 4.74 Å². The Hall–Kier alpha value is -2.22. The van der Waals surface area contributed by atoms with Gasteiger partial charge in [-0.15, -0.1) is 0 Å². The minimum atomic E-state index is -0.315. The van der Waals surface area contributed by atoms with E-state index in [0.29, 0.717) is 22.9 Å². The van der Waals surface area contributed by atoms with E-state index >= 15 is 0 Å². The highest BCUT2D eigenvalue weighted by atomic mass is 35.5. The van der Waals surface area contributed by atoms with Gasteiger partial charge in [-0.2, -0.15) is 5.10 Å². The van der Waals surface area contributed by atoms with E-state index in [2.05, 4.69) is 10.00 Å². The summed E-state index contributed by atoms with van der Waals surface area (Å²) >= 11 is 6.30. The maximum Gasteiger partial charge on any atom is 0.158 e. The number of morpholine rings is 1. The number of halogens is 2. The third-order valence-electron chi connectivity index (χ3n) is 5.04. The monoisotopic (exact) mass is 404 g/mol. The van der Waals surface area contributed by atoms with Crippen molar-refractivity contribution in [2.75, 3.05) is 33.4 Å². The minimum absolute atomic E-state index is 0.315. The molecule has 1 aliphatic rings. The van der Waals surface area contributed by atoms with Gasteiger partial charge in [-0.1, -0.05) is 17.7 Å². The Labute approximate surface area is 167 Å². The molecule has 1 aliphatic heterocycles. The van der Waals surface area contributed by atoms with Crippen molar-refractivity contribution in [1.82, 2.24) is 19.5 Å². The maximum atomic E-state index is 14.5. The molecule has 1 aromatic carbocycles. The number of aromatic nitrogens is 3. The highest BCUT2D eigenvalue weighted by Gasteiger charge is 2.19. The van der Waals surface area contributed by atoms with Gasteiger partial charge >= 0.3 is 0 Å². The number of fused-ring (bicyclic) bond motifs is 1. The summed E-state index contributed by atoms with van der Waals surface area (Å²) < 4.78 is 26.7. The Morgan fingerprint density at radius 1 is 1.21 bits per heavy atom. The molecule has 1 fully saturated rings.